The summed E-state index contributed by atoms with van der Waals surface area (Å²) < 4.78 is 5.26. The molecular formula is C14H17N3O3. The van der Waals surface area contributed by atoms with E-state index in [4.69, 9.17) is 4.52 Å². The number of aliphatic hydroxyl groups is 1. The van der Waals surface area contributed by atoms with Crippen molar-refractivity contribution in [1.82, 2.24) is 15.5 Å². The van der Waals surface area contributed by atoms with Crippen LogP contribution in [-0.2, 0) is 0 Å². The average Bonchev–Trinajstić information content (AvgIpc) is 3.03. The van der Waals surface area contributed by atoms with Crippen LogP contribution in [0.25, 0.3) is 11.4 Å². The zero-order chi connectivity index (χ0) is 14.3. The zero-order valence-corrected chi connectivity index (χ0v) is 11.4. The van der Waals surface area contributed by atoms with Gasteiger partial charge in [0.1, 0.15) is 5.75 Å². The number of aryl methyl sites for hydroxylation is 2. The number of β-amino-alcohol motifs (C(OH)–C–C–N with tert-alkyl or cyclic N) is 1. The Kier molecular flexibility index (Phi) is 3.19. The van der Waals surface area contributed by atoms with E-state index in [1.54, 1.807) is 0 Å². The normalized spacial score (nSPS) is 22.4. The van der Waals surface area contributed by atoms with E-state index in [9.17, 15) is 10.2 Å². The molecule has 2 heterocycles. The molecule has 3 N–H and O–H groups in total. The van der Waals surface area contributed by atoms with Gasteiger partial charge in [0.25, 0.3) is 0 Å². The molecule has 0 aliphatic carbocycles. The molecule has 1 aromatic heterocycles. The molecule has 1 aliphatic rings. The highest BCUT2D eigenvalue weighted by Crippen LogP contribution is 2.29. The lowest BCUT2D eigenvalue weighted by Crippen LogP contribution is -2.15. The lowest BCUT2D eigenvalue weighted by Gasteiger charge is -2.05. The highest BCUT2D eigenvalue weighted by Gasteiger charge is 2.28. The summed E-state index contributed by atoms with van der Waals surface area (Å²) in [6, 6.07) is 3.56. The van der Waals surface area contributed by atoms with Crippen LogP contribution in [0, 0.1) is 13.8 Å². The third kappa shape index (κ3) is 2.28. The van der Waals surface area contributed by atoms with Crippen molar-refractivity contribution >= 4 is 0 Å². The van der Waals surface area contributed by atoms with Crippen LogP contribution in [0.15, 0.2) is 16.7 Å². The molecule has 2 aromatic rings. The topological polar surface area (TPSA) is 91.4 Å². The molecule has 1 aromatic carbocycles. The summed E-state index contributed by atoms with van der Waals surface area (Å²) >= 11 is 0. The molecule has 0 amide bonds. The van der Waals surface area contributed by atoms with E-state index in [-0.39, 0.29) is 17.9 Å². The van der Waals surface area contributed by atoms with E-state index in [1.807, 2.05) is 26.0 Å². The molecule has 2 atom stereocenters. The van der Waals surface area contributed by atoms with Gasteiger partial charge < -0.3 is 20.1 Å². The number of aliphatic hydroxyl groups excluding tert-OH is 1. The maximum absolute atomic E-state index is 9.78. The molecule has 0 spiro atoms. The van der Waals surface area contributed by atoms with Gasteiger partial charge in [-0.3, -0.25) is 0 Å². The van der Waals surface area contributed by atoms with Crippen LogP contribution in [0.2, 0.25) is 0 Å². The van der Waals surface area contributed by atoms with Gasteiger partial charge in [-0.25, -0.2) is 0 Å². The van der Waals surface area contributed by atoms with E-state index in [0.29, 0.717) is 24.7 Å². The third-order valence-electron chi connectivity index (χ3n) is 3.60. The van der Waals surface area contributed by atoms with Gasteiger partial charge in [0.15, 0.2) is 0 Å². The van der Waals surface area contributed by atoms with Gasteiger partial charge >= 0.3 is 0 Å². The maximum Gasteiger partial charge on any atom is 0.244 e. The molecule has 1 aliphatic heterocycles. The van der Waals surface area contributed by atoms with Crippen LogP contribution in [-0.4, -0.2) is 33.0 Å². The van der Waals surface area contributed by atoms with Crippen molar-refractivity contribution in [1.29, 1.82) is 0 Å². The van der Waals surface area contributed by atoms with Gasteiger partial charge in [-0.1, -0.05) is 5.16 Å². The van der Waals surface area contributed by atoms with Crippen molar-refractivity contribution in [2.45, 2.75) is 32.4 Å². The first-order valence-electron chi connectivity index (χ1n) is 6.60. The Morgan fingerprint density at radius 1 is 1.30 bits per heavy atom. The highest BCUT2D eigenvalue weighted by molar-refractivity contribution is 5.60. The Morgan fingerprint density at radius 2 is 2.00 bits per heavy atom. The van der Waals surface area contributed by atoms with E-state index < -0.39 is 0 Å². The summed E-state index contributed by atoms with van der Waals surface area (Å²) in [7, 11) is 0. The molecular weight excluding hydrogens is 258 g/mol. The fourth-order valence-corrected chi connectivity index (χ4v) is 2.48. The quantitative estimate of drug-likeness (QED) is 0.768. The van der Waals surface area contributed by atoms with Gasteiger partial charge in [-0.15, -0.1) is 0 Å². The largest absolute Gasteiger partial charge is 0.507 e. The average molecular weight is 275 g/mol. The van der Waals surface area contributed by atoms with Crippen LogP contribution in [0.4, 0.5) is 0 Å². The van der Waals surface area contributed by atoms with E-state index >= 15 is 0 Å². The monoisotopic (exact) mass is 275 g/mol. The number of hydrogen-bond donors (Lipinski definition) is 3. The predicted octanol–water partition coefficient (Wildman–Crippen LogP) is 1.45. The Bertz CT molecular complexity index is 615. The zero-order valence-electron chi connectivity index (χ0n) is 11.4. The van der Waals surface area contributed by atoms with Crippen LogP contribution < -0.4 is 5.32 Å². The van der Waals surface area contributed by atoms with Crippen molar-refractivity contribution in [3.63, 3.8) is 0 Å². The summed E-state index contributed by atoms with van der Waals surface area (Å²) in [5.41, 5.74) is 2.37. The summed E-state index contributed by atoms with van der Waals surface area (Å²) in [6.07, 6.45) is 0.212. The molecule has 6 heteroatoms. The molecule has 1 saturated heterocycles. The fourth-order valence-electron chi connectivity index (χ4n) is 2.48. The first-order chi connectivity index (χ1) is 9.54. The number of aromatic nitrogens is 2. The van der Waals surface area contributed by atoms with Gasteiger partial charge in [0.05, 0.1) is 12.1 Å². The third-order valence-corrected chi connectivity index (χ3v) is 3.60. The second-order valence-corrected chi connectivity index (χ2v) is 5.27. The summed E-state index contributed by atoms with van der Waals surface area (Å²) in [6.45, 7) is 4.21. The number of nitrogens with zero attached hydrogens (tertiary/aromatic N) is 2. The van der Waals surface area contributed by atoms with Crippen molar-refractivity contribution in [3.8, 4) is 17.1 Å². The first-order valence-corrected chi connectivity index (χ1v) is 6.60. The lowest BCUT2D eigenvalue weighted by atomic mass is 10.1. The first kappa shape index (κ1) is 13.1. The van der Waals surface area contributed by atoms with Crippen LogP contribution in [0.5, 0.6) is 5.75 Å². The number of aromatic hydroxyl groups is 1. The van der Waals surface area contributed by atoms with E-state index in [1.165, 1.54) is 0 Å². The number of rotatable bonds is 2. The molecule has 6 nitrogen and oxygen atoms in total. The Labute approximate surface area is 116 Å². The highest BCUT2D eigenvalue weighted by atomic mass is 16.5. The van der Waals surface area contributed by atoms with Crippen molar-refractivity contribution in [2.24, 2.45) is 0 Å². The van der Waals surface area contributed by atoms with Crippen LogP contribution in [0.3, 0.4) is 0 Å². The number of nitrogens with one attached hydrogen (secondary N) is 1. The van der Waals surface area contributed by atoms with Crippen molar-refractivity contribution < 1.29 is 14.7 Å². The molecule has 20 heavy (non-hydrogen) atoms. The molecule has 1 fully saturated rings. The Morgan fingerprint density at radius 3 is 2.60 bits per heavy atom. The van der Waals surface area contributed by atoms with E-state index in [0.717, 1.165) is 16.7 Å². The summed E-state index contributed by atoms with van der Waals surface area (Å²) in [5.74, 6) is 1.27. The van der Waals surface area contributed by atoms with Gasteiger partial charge in [-0.05, 0) is 43.5 Å². The Hall–Kier alpha value is -1.92. The van der Waals surface area contributed by atoms with E-state index in [2.05, 4.69) is 15.5 Å². The molecule has 106 valence electrons. The molecule has 0 saturated carbocycles. The standard InChI is InChI=1S/C14H17N3O3/c1-7-3-9(4-8(2)12(7)19)13-16-14(20-17-13)11-5-10(18)6-15-11/h3-4,10-11,15,18-19H,5-6H2,1-2H3/t10-,11-/m0/s1. The van der Waals surface area contributed by atoms with Gasteiger partial charge in [-0.2, -0.15) is 4.98 Å². The molecule has 0 radical (unpaired) electrons. The molecule has 0 bridgehead atoms. The summed E-state index contributed by atoms with van der Waals surface area (Å²) in [4.78, 5) is 4.38. The SMILES string of the molecule is Cc1cc(-c2noc([C@@H]3C[C@H](O)CN3)n2)cc(C)c1O. The van der Waals surface area contributed by atoms with Crippen LogP contribution >= 0.6 is 0 Å². The number of benzene rings is 1. The van der Waals surface area contributed by atoms with Crippen molar-refractivity contribution in [3.05, 3.63) is 29.2 Å². The Balaban J connectivity index is 1.90. The number of phenols is 1. The predicted molar refractivity (Wildman–Crippen MR) is 72.2 cm³/mol. The van der Waals surface area contributed by atoms with Crippen LogP contribution in [0.1, 0.15) is 29.5 Å². The summed E-state index contributed by atoms with van der Waals surface area (Å²) in [5, 5.41) is 26.4. The lowest BCUT2D eigenvalue weighted by molar-refractivity contribution is 0.191. The molecule has 3 rings (SSSR count). The van der Waals surface area contributed by atoms with Gasteiger partial charge in [0, 0.05) is 12.1 Å². The number of hydrogen-bond acceptors (Lipinski definition) is 6. The minimum atomic E-state index is -0.367. The fraction of sp³-hybridized carbons (Fsp3) is 0.429. The smallest absolute Gasteiger partial charge is 0.244 e. The minimum Gasteiger partial charge on any atom is -0.507 e. The second-order valence-electron chi connectivity index (χ2n) is 5.27. The van der Waals surface area contributed by atoms with Gasteiger partial charge in [0.2, 0.25) is 11.7 Å². The minimum absolute atomic E-state index is 0.0921. The number of phenolic OH excluding ortho intramolecular Hbond substituents is 1. The maximum atomic E-state index is 9.78. The second kappa shape index (κ2) is 4.88. The molecule has 0 unspecified atom stereocenters. The van der Waals surface area contributed by atoms with Crippen molar-refractivity contribution in [2.75, 3.05) is 6.54 Å².